The van der Waals surface area contributed by atoms with Crippen molar-refractivity contribution in [3.63, 3.8) is 0 Å². The number of carbonyl (C=O) groups excluding carboxylic acids is 1. The number of likely N-dealkylation sites (N-methyl/N-ethyl adjacent to an activating group) is 1. The minimum absolute atomic E-state index is 0.00643. The molecule has 6 heteroatoms. The third-order valence-corrected chi connectivity index (χ3v) is 2.86. The average molecular weight is 294 g/mol. The van der Waals surface area contributed by atoms with Crippen LogP contribution in [-0.4, -0.2) is 24.4 Å². The second-order valence-electron chi connectivity index (χ2n) is 4.83. The summed E-state index contributed by atoms with van der Waals surface area (Å²) in [5, 5.41) is 2.24. The van der Waals surface area contributed by atoms with Crippen LogP contribution >= 0.6 is 0 Å². The summed E-state index contributed by atoms with van der Waals surface area (Å²) >= 11 is 0. The zero-order valence-electron chi connectivity index (χ0n) is 11.8. The first-order chi connectivity index (χ1) is 9.95. The fourth-order valence-corrected chi connectivity index (χ4v) is 1.93. The van der Waals surface area contributed by atoms with Gasteiger partial charge in [0.15, 0.2) is 0 Å². The molecule has 4 nitrogen and oxygen atoms in total. The van der Waals surface area contributed by atoms with E-state index in [9.17, 15) is 13.6 Å². The number of para-hydroxylation sites is 1. The molecule has 0 aliphatic carbocycles. The number of nitrogens with one attached hydrogen (secondary N) is 1. The number of halogens is 2. The molecular formula is C15H16F2N2O2. The zero-order chi connectivity index (χ0) is 15.4. The maximum Gasteiger partial charge on any atom is 0.238 e. The molecule has 1 amide bonds. The van der Waals surface area contributed by atoms with E-state index in [1.807, 2.05) is 19.1 Å². The molecule has 0 atom stereocenters. The van der Waals surface area contributed by atoms with Crippen molar-refractivity contribution in [1.82, 2.24) is 4.90 Å². The molecule has 0 aliphatic rings. The molecule has 1 aromatic carbocycles. The Labute approximate surface area is 121 Å². The van der Waals surface area contributed by atoms with Gasteiger partial charge in [-0.2, -0.15) is 0 Å². The van der Waals surface area contributed by atoms with Gasteiger partial charge in [0, 0.05) is 0 Å². The summed E-state index contributed by atoms with van der Waals surface area (Å²) in [4.78, 5) is 13.5. The largest absolute Gasteiger partial charge is 0.465 e. The van der Waals surface area contributed by atoms with Crippen LogP contribution in [0.5, 0.6) is 0 Å². The SMILES string of the molecule is Cc1ccc(CN(C)CC(=O)Nc2c(F)cccc2F)o1. The van der Waals surface area contributed by atoms with Crippen LogP contribution in [-0.2, 0) is 11.3 Å². The van der Waals surface area contributed by atoms with Gasteiger partial charge in [0.05, 0.1) is 13.1 Å². The third-order valence-electron chi connectivity index (χ3n) is 2.86. The van der Waals surface area contributed by atoms with E-state index >= 15 is 0 Å². The lowest BCUT2D eigenvalue weighted by molar-refractivity contribution is -0.117. The van der Waals surface area contributed by atoms with Crippen molar-refractivity contribution in [3.05, 3.63) is 53.5 Å². The first kappa shape index (κ1) is 15.2. The molecule has 0 spiro atoms. The summed E-state index contributed by atoms with van der Waals surface area (Å²) in [6.45, 7) is 2.26. The highest BCUT2D eigenvalue weighted by atomic mass is 19.1. The Kier molecular flexibility index (Phi) is 4.70. The number of amides is 1. The van der Waals surface area contributed by atoms with Gasteiger partial charge in [-0.05, 0) is 38.2 Å². The second kappa shape index (κ2) is 6.49. The number of aryl methyl sites for hydroxylation is 1. The van der Waals surface area contributed by atoms with E-state index in [0.29, 0.717) is 6.54 Å². The van der Waals surface area contributed by atoms with Crippen LogP contribution in [0.3, 0.4) is 0 Å². The Morgan fingerprint density at radius 1 is 1.24 bits per heavy atom. The molecule has 21 heavy (non-hydrogen) atoms. The van der Waals surface area contributed by atoms with Gasteiger partial charge < -0.3 is 9.73 Å². The lowest BCUT2D eigenvalue weighted by Gasteiger charge is -2.15. The van der Waals surface area contributed by atoms with Gasteiger partial charge in [-0.25, -0.2) is 8.78 Å². The summed E-state index contributed by atoms with van der Waals surface area (Å²) in [6, 6.07) is 7.08. The predicted molar refractivity (Wildman–Crippen MR) is 74.8 cm³/mol. The molecule has 0 saturated heterocycles. The van der Waals surface area contributed by atoms with E-state index in [1.54, 1.807) is 11.9 Å². The van der Waals surface area contributed by atoms with Crippen molar-refractivity contribution in [3.8, 4) is 0 Å². The maximum atomic E-state index is 13.4. The highest BCUT2D eigenvalue weighted by molar-refractivity contribution is 5.92. The highest BCUT2D eigenvalue weighted by Gasteiger charge is 2.14. The van der Waals surface area contributed by atoms with E-state index in [4.69, 9.17) is 4.42 Å². The third kappa shape index (κ3) is 4.13. The molecule has 0 bridgehead atoms. The Morgan fingerprint density at radius 3 is 2.48 bits per heavy atom. The van der Waals surface area contributed by atoms with Gasteiger partial charge in [-0.3, -0.25) is 9.69 Å². The zero-order valence-corrected chi connectivity index (χ0v) is 11.8. The average Bonchev–Trinajstić information content (AvgIpc) is 2.79. The molecule has 0 unspecified atom stereocenters. The molecule has 1 heterocycles. The molecule has 0 fully saturated rings. The summed E-state index contributed by atoms with van der Waals surface area (Å²) < 4.78 is 32.2. The van der Waals surface area contributed by atoms with Crippen LogP contribution in [0.4, 0.5) is 14.5 Å². The van der Waals surface area contributed by atoms with Gasteiger partial charge in [0.25, 0.3) is 0 Å². The topological polar surface area (TPSA) is 45.5 Å². The van der Waals surface area contributed by atoms with Crippen LogP contribution in [0, 0.1) is 18.6 Å². The minimum Gasteiger partial charge on any atom is -0.465 e. The standard InChI is InChI=1S/C15H16F2N2O2/c1-10-6-7-11(21-10)8-19(2)9-14(20)18-15-12(16)4-3-5-13(15)17/h3-7H,8-9H2,1-2H3,(H,18,20). The van der Waals surface area contributed by atoms with Gasteiger partial charge >= 0.3 is 0 Å². The summed E-state index contributed by atoms with van der Waals surface area (Å²) in [5.41, 5.74) is -0.426. The summed E-state index contributed by atoms with van der Waals surface area (Å²) in [7, 11) is 1.72. The molecule has 1 N–H and O–H groups in total. The van der Waals surface area contributed by atoms with E-state index in [2.05, 4.69) is 5.32 Å². The Balaban J connectivity index is 1.92. The second-order valence-corrected chi connectivity index (χ2v) is 4.83. The van der Waals surface area contributed by atoms with E-state index < -0.39 is 23.2 Å². The number of hydrogen-bond donors (Lipinski definition) is 1. The number of carbonyl (C=O) groups is 1. The Bertz CT molecular complexity index is 620. The van der Waals surface area contributed by atoms with Crippen LogP contribution in [0.15, 0.2) is 34.7 Å². The van der Waals surface area contributed by atoms with Gasteiger partial charge in [-0.15, -0.1) is 0 Å². The number of benzene rings is 1. The molecule has 0 saturated carbocycles. The van der Waals surface area contributed by atoms with Crippen LogP contribution in [0.2, 0.25) is 0 Å². The van der Waals surface area contributed by atoms with Crippen molar-refractivity contribution < 1.29 is 18.0 Å². The number of rotatable bonds is 5. The highest BCUT2D eigenvalue weighted by Crippen LogP contribution is 2.17. The van der Waals surface area contributed by atoms with Gasteiger partial charge in [-0.1, -0.05) is 6.07 Å². The van der Waals surface area contributed by atoms with Crippen molar-refractivity contribution in [2.45, 2.75) is 13.5 Å². The molecule has 0 aliphatic heterocycles. The normalized spacial score (nSPS) is 10.9. The minimum atomic E-state index is -0.798. The lowest BCUT2D eigenvalue weighted by Crippen LogP contribution is -2.30. The van der Waals surface area contributed by atoms with Crippen LogP contribution in [0.1, 0.15) is 11.5 Å². The van der Waals surface area contributed by atoms with Crippen molar-refractivity contribution >= 4 is 11.6 Å². The fourth-order valence-electron chi connectivity index (χ4n) is 1.93. The van der Waals surface area contributed by atoms with Gasteiger partial charge in [0.1, 0.15) is 28.8 Å². The maximum absolute atomic E-state index is 13.4. The van der Waals surface area contributed by atoms with Gasteiger partial charge in [0.2, 0.25) is 5.91 Å². The Morgan fingerprint density at radius 2 is 1.90 bits per heavy atom. The first-order valence-corrected chi connectivity index (χ1v) is 6.43. The van der Waals surface area contributed by atoms with Crippen LogP contribution in [0.25, 0.3) is 0 Å². The number of anilines is 1. The summed E-state index contributed by atoms with van der Waals surface area (Å²) in [6.07, 6.45) is 0. The molecule has 0 radical (unpaired) electrons. The predicted octanol–water partition coefficient (Wildman–Crippen LogP) is 2.94. The molecular weight excluding hydrogens is 278 g/mol. The fraction of sp³-hybridized carbons (Fsp3) is 0.267. The number of furan rings is 1. The monoisotopic (exact) mass is 294 g/mol. The van der Waals surface area contributed by atoms with E-state index in [-0.39, 0.29) is 6.54 Å². The summed E-state index contributed by atoms with van der Waals surface area (Å²) in [5.74, 6) is -0.582. The van der Waals surface area contributed by atoms with E-state index in [0.717, 1.165) is 23.7 Å². The molecule has 2 rings (SSSR count). The lowest BCUT2D eigenvalue weighted by atomic mass is 10.3. The smallest absolute Gasteiger partial charge is 0.238 e. The number of nitrogens with zero attached hydrogens (tertiary/aromatic N) is 1. The molecule has 1 aromatic heterocycles. The number of hydrogen-bond acceptors (Lipinski definition) is 3. The van der Waals surface area contributed by atoms with Crippen LogP contribution < -0.4 is 5.32 Å². The molecule has 112 valence electrons. The first-order valence-electron chi connectivity index (χ1n) is 6.43. The Hall–Kier alpha value is -2.21. The molecule has 2 aromatic rings. The van der Waals surface area contributed by atoms with Crippen molar-refractivity contribution in [2.75, 3.05) is 18.9 Å². The van der Waals surface area contributed by atoms with E-state index in [1.165, 1.54) is 6.07 Å². The quantitative estimate of drug-likeness (QED) is 0.922. The van der Waals surface area contributed by atoms with Crippen molar-refractivity contribution in [1.29, 1.82) is 0 Å². The van der Waals surface area contributed by atoms with Crippen molar-refractivity contribution in [2.24, 2.45) is 0 Å².